The van der Waals surface area contributed by atoms with Crippen LogP contribution in [-0.2, 0) is 12.8 Å². The molecule has 1 N–H and O–H groups in total. The Balaban J connectivity index is 1.76. The van der Waals surface area contributed by atoms with Crippen molar-refractivity contribution in [2.24, 2.45) is 0 Å². The fraction of sp³-hybridized carbons (Fsp3) is 0.438. The quantitative estimate of drug-likeness (QED) is 0.834. The highest BCUT2D eigenvalue weighted by atomic mass is 32.1. The Morgan fingerprint density at radius 3 is 2.68 bits per heavy atom. The number of rotatable bonds is 7. The van der Waals surface area contributed by atoms with Crippen molar-refractivity contribution in [3.8, 4) is 0 Å². The highest BCUT2D eigenvalue weighted by Crippen LogP contribution is 2.14. The zero-order valence-electron chi connectivity index (χ0n) is 11.7. The smallest absolute Gasteiger partial charge is 0.0943 e. The second-order valence-electron chi connectivity index (χ2n) is 4.95. The molecule has 3 heteroatoms. The summed E-state index contributed by atoms with van der Waals surface area (Å²) >= 11 is 1.77. The van der Waals surface area contributed by atoms with Crippen LogP contribution in [0.4, 0.5) is 0 Å². The Morgan fingerprint density at radius 1 is 1.26 bits per heavy atom. The van der Waals surface area contributed by atoms with Gasteiger partial charge in [0.1, 0.15) is 0 Å². The molecule has 0 spiro atoms. The van der Waals surface area contributed by atoms with Crippen molar-refractivity contribution in [3.63, 3.8) is 0 Å². The maximum Gasteiger partial charge on any atom is 0.0943 e. The van der Waals surface area contributed by atoms with Gasteiger partial charge in [-0.3, -0.25) is 0 Å². The van der Waals surface area contributed by atoms with E-state index in [1.807, 2.05) is 7.05 Å². The van der Waals surface area contributed by atoms with Gasteiger partial charge in [0, 0.05) is 23.5 Å². The highest BCUT2D eigenvalue weighted by molar-refractivity contribution is 7.09. The average Bonchev–Trinajstić information content (AvgIpc) is 2.84. The molecule has 0 aliphatic heterocycles. The Bertz CT molecular complexity index is 479. The molecule has 0 radical (unpaired) electrons. The van der Waals surface area contributed by atoms with Gasteiger partial charge in [-0.15, -0.1) is 11.3 Å². The van der Waals surface area contributed by atoms with Crippen molar-refractivity contribution < 1.29 is 0 Å². The Kier molecular flexibility index (Phi) is 5.55. The van der Waals surface area contributed by atoms with Crippen LogP contribution in [-0.4, -0.2) is 18.1 Å². The van der Waals surface area contributed by atoms with Crippen LogP contribution in [0.1, 0.15) is 29.1 Å². The molecule has 0 saturated heterocycles. The number of aromatic nitrogens is 1. The van der Waals surface area contributed by atoms with Crippen LogP contribution in [0, 0.1) is 6.92 Å². The van der Waals surface area contributed by atoms with Gasteiger partial charge in [0.2, 0.25) is 0 Å². The summed E-state index contributed by atoms with van der Waals surface area (Å²) in [6.07, 6.45) is 4.63. The first kappa shape index (κ1) is 14.2. The number of nitrogens with zero attached hydrogens (tertiary/aromatic N) is 1. The van der Waals surface area contributed by atoms with E-state index in [4.69, 9.17) is 0 Å². The van der Waals surface area contributed by atoms with Gasteiger partial charge in [-0.1, -0.05) is 30.3 Å². The first-order valence-electron chi connectivity index (χ1n) is 6.90. The lowest BCUT2D eigenvalue weighted by atomic mass is 10.0. The average molecular weight is 274 g/mol. The Morgan fingerprint density at radius 2 is 2.05 bits per heavy atom. The van der Waals surface area contributed by atoms with Crippen molar-refractivity contribution >= 4 is 11.3 Å². The lowest BCUT2D eigenvalue weighted by Crippen LogP contribution is -2.27. The minimum Gasteiger partial charge on any atom is -0.317 e. The van der Waals surface area contributed by atoms with E-state index in [0.717, 1.165) is 18.5 Å². The summed E-state index contributed by atoms with van der Waals surface area (Å²) in [5.41, 5.74) is 2.57. The molecule has 2 aromatic rings. The van der Waals surface area contributed by atoms with Crippen LogP contribution in [0.15, 0.2) is 35.7 Å². The van der Waals surface area contributed by atoms with Gasteiger partial charge in [-0.25, -0.2) is 4.98 Å². The summed E-state index contributed by atoms with van der Waals surface area (Å²) in [7, 11) is 2.05. The number of likely N-dealkylation sites (N-methyl/N-ethyl adjacent to an activating group) is 1. The monoisotopic (exact) mass is 274 g/mol. The van der Waals surface area contributed by atoms with E-state index < -0.39 is 0 Å². The van der Waals surface area contributed by atoms with E-state index in [9.17, 15) is 0 Å². The van der Waals surface area contributed by atoms with Gasteiger partial charge >= 0.3 is 0 Å². The summed E-state index contributed by atoms with van der Waals surface area (Å²) in [6.45, 7) is 2.06. The molecule has 1 unspecified atom stereocenters. The molecule has 0 fully saturated rings. The number of aryl methyl sites for hydroxylation is 2. The number of hydrogen-bond acceptors (Lipinski definition) is 3. The van der Waals surface area contributed by atoms with Crippen molar-refractivity contribution in [1.82, 2.24) is 10.3 Å². The molecule has 0 bridgehead atoms. The number of nitrogens with one attached hydrogen (secondary N) is 1. The van der Waals surface area contributed by atoms with Crippen molar-refractivity contribution in [2.45, 2.75) is 38.6 Å². The Labute approximate surface area is 119 Å². The molecule has 2 nitrogen and oxygen atoms in total. The van der Waals surface area contributed by atoms with E-state index in [1.54, 1.807) is 11.3 Å². The van der Waals surface area contributed by atoms with E-state index in [1.165, 1.54) is 23.4 Å². The van der Waals surface area contributed by atoms with Gasteiger partial charge in [0.15, 0.2) is 0 Å². The Hall–Kier alpha value is -1.19. The first-order valence-corrected chi connectivity index (χ1v) is 7.78. The molecule has 1 aromatic heterocycles. The summed E-state index contributed by atoms with van der Waals surface area (Å²) in [4.78, 5) is 4.54. The third kappa shape index (κ3) is 4.77. The largest absolute Gasteiger partial charge is 0.317 e. The molecule has 1 aromatic carbocycles. The van der Waals surface area contributed by atoms with Crippen molar-refractivity contribution in [3.05, 3.63) is 52.0 Å². The van der Waals surface area contributed by atoms with Crippen LogP contribution in [0.2, 0.25) is 0 Å². The van der Waals surface area contributed by atoms with Crippen LogP contribution >= 0.6 is 11.3 Å². The van der Waals surface area contributed by atoms with Gasteiger partial charge in [0.25, 0.3) is 0 Å². The first-order chi connectivity index (χ1) is 9.28. The molecule has 0 saturated carbocycles. The van der Waals surface area contributed by atoms with E-state index in [0.29, 0.717) is 6.04 Å². The van der Waals surface area contributed by atoms with Gasteiger partial charge in [-0.05, 0) is 38.8 Å². The predicted octanol–water partition coefficient (Wildman–Crippen LogP) is 3.60. The molecule has 0 aliphatic rings. The maximum absolute atomic E-state index is 4.54. The van der Waals surface area contributed by atoms with E-state index in [2.05, 4.69) is 52.9 Å². The van der Waals surface area contributed by atoms with Gasteiger partial charge in [-0.2, -0.15) is 0 Å². The van der Waals surface area contributed by atoms with Crippen molar-refractivity contribution in [2.75, 3.05) is 7.05 Å². The van der Waals surface area contributed by atoms with Gasteiger partial charge < -0.3 is 5.32 Å². The number of hydrogen-bond donors (Lipinski definition) is 1. The maximum atomic E-state index is 4.54. The zero-order chi connectivity index (χ0) is 13.5. The molecular weight excluding hydrogens is 252 g/mol. The fourth-order valence-electron chi connectivity index (χ4n) is 2.25. The standard InChI is InChI=1S/C16H22N2S/c1-13-12-19-16(18-13)11-15(17-2)10-6-9-14-7-4-3-5-8-14/h3-5,7-8,12,15,17H,6,9-11H2,1-2H3. The lowest BCUT2D eigenvalue weighted by Gasteiger charge is -2.14. The fourth-order valence-corrected chi connectivity index (χ4v) is 3.11. The normalized spacial score (nSPS) is 12.5. The predicted molar refractivity (Wildman–Crippen MR) is 82.8 cm³/mol. The topological polar surface area (TPSA) is 24.9 Å². The minimum atomic E-state index is 0.536. The molecule has 0 aliphatic carbocycles. The number of thiazole rings is 1. The number of benzene rings is 1. The molecule has 1 atom stereocenters. The van der Waals surface area contributed by atoms with Crippen LogP contribution in [0.25, 0.3) is 0 Å². The molecule has 102 valence electrons. The summed E-state index contributed by atoms with van der Waals surface area (Å²) in [6, 6.07) is 11.3. The summed E-state index contributed by atoms with van der Waals surface area (Å²) in [5.74, 6) is 0. The molecule has 2 rings (SSSR count). The zero-order valence-corrected chi connectivity index (χ0v) is 12.5. The highest BCUT2D eigenvalue weighted by Gasteiger charge is 2.09. The molecule has 0 amide bonds. The lowest BCUT2D eigenvalue weighted by molar-refractivity contribution is 0.501. The van der Waals surface area contributed by atoms with Crippen LogP contribution in [0.5, 0.6) is 0 Å². The minimum absolute atomic E-state index is 0.536. The molecule has 1 heterocycles. The second kappa shape index (κ2) is 7.41. The SMILES string of the molecule is CNC(CCCc1ccccc1)Cc1nc(C)cs1. The second-order valence-corrected chi connectivity index (χ2v) is 5.89. The summed E-state index contributed by atoms with van der Waals surface area (Å²) in [5, 5.41) is 6.79. The molecular formula is C16H22N2S. The van der Waals surface area contributed by atoms with E-state index in [-0.39, 0.29) is 0 Å². The third-order valence-electron chi connectivity index (χ3n) is 3.36. The third-order valence-corrected chi connectivity index (χ3v) is 4.35. The van der Waals surface area contributed by atoms with Crippen LogP contribution < -0.4 is 5.32 Å². The van der Waals surface area contributed by atoms with Crippen molar-refractivity contribution in [1.29, 1.82) is 0 Å². The van der Waals surface area contributed by atoms with Crippen LogP contribution in [0.3, 0.4) is 0 Å². The molecule has 19 heavy (non-hydrogen) atoms. The van der Waals surface area contributed by atoms with Gasteiger partial charge in [0.05, 0.1) is 5.01 Å². The van der Waals surface area contributed by atoms with E-state index >= 15 is 0 Å². The summed E-state index contributed by atoms with van der Waals surface area (Å²) < 4.78 is 0.